The average molecular weight is 212 g/mol. The summed E-state index contributed by atoms with van der Waals surface area (Å²) in [5.74, 6) is -0.338. The van der Waals surface area contributed by atoms with Gasteiger partial charge in [-0.25, -0.2) is 8.78 Å². The number of halogens is 2. The third-order valence-corrected chi connectivity index (χ3v) is 3.20. The van der Waals surface area contributed by atoms with Gasteiger partial charge in [-0.3, -0.25) is 4.98 Å². The van der Waals surface area contributed by atoms with Crippen LogP contribution in [-0.4, -0.2) is 17.7 Å². The minimum Gasteiger partial charge on any atom is -0.330 e. The van der Waals surface area contributed by atoms with Crippen molar-refractivity contribution in [2.75, 3.05) is 6.54 Å². The molecule has 0 aliphatic heterocycles. The van der Waals surface area contributed by atoms with E-state index in [1.54, 1.807) is 19.2 Å². The van der Waals surface area contributed by atoms with Gasteiger partial charge in [-0.05, 0) is 31.4 Å². The zero-order valence-corrected chi connectivity index (χ0v) is 8.63. The summed E-state index contributed by atoms with van der Waals surface area (Å²) in [7, 11) is 0. The molecule has 1 fully saturated rings. The Kier molecular flexibility index (Phi) is 2.46. The average Bonchev–Trinajstić information content (AvgIpc) is 2.17. The standard InChI is InChI=1S/C11H14F2N2/c1-7-2-3-15-10(9(7)13)11(6-14)4-8(12)5-11/h2-3,8H,4-6,14H2,1H3. The molecule has 0 radical (unpaired) electrons. The highest BCUT2D eigenvalue weighted by Gasteiger charge is 2.47. The second-order valence-electron chi connectivity index (χ2n) is 4.28. The predicted octanol–water partition coefficient (Wildman–Crippen LogP) is 1.86. The van der Waals surface area contributed by atoms with Crippen LogP contribution in [-0.2, 0) is 5.41 Å². The Morgan fingerprint density at radius 3 is 2.80 bits per heavy atom. The molecule has 2 nitrogen and oxygen atoms in total. The molecule has 1 heterocycles. The zero-order chi connectivity index (χ0) is 11.1. The number of rotatable bonds is 2. The number of nitrogens with zero attached hydrogens (tertiary/aromatic N) is 1. The first kappa shape index (κ1) is 10.5. The van der Waals surface area contributed by atoms with E-state index in [1.165, 1.54) is 0 Å². The molecule has 15 heavy (non-hydrogen) atoms. The molecule has 0 atom stereocenters. The van der Waals surface area contributed by atoms with Crippen LogP contribution in [0.4, 0.5) is 8.78 Å². The molecule has 1 aromatic rings. The summed E-state index contributed by atoms with van der Waals surface area (Å²) in [4.78, 5) is 4.02. The van der Waals surface area contributed by atoms with Crippen LogP contribution in [0, 0.1) is 12.7 Å². The van der Waals surface area contributed by atoms with Crippen molar-refractivity contribution in [2.45, 2.75) is 31.4 Å². The van der Waals surface area contributed by atoms with E-state index in [0.29, 0.717) is 11.3 Å². The first-order valence-corrected chi connectivity index (χ1v) is 5.05. The topological polar surface area (TPSA) is 38.9 Å². The lowest BCUT2D eigenvalue weighted by molar-refractivity contribution is 0.0930. The van der Waals surface area contributed by atoms with Gasteiger partial charge in [0.2, 0.25) is 0 Å². The quantitative estimate of drug-likeness (QED) is 0.812. The second kappa shape index (κ2) is 3.52. The van der Waals surface area contributed by atoms with Gasteiger partial charge in [-0.1, -0.05) is 0 Å². The molecule has 1 aliphatic carbocycles. The largest absolute Gasteiger partial charge is 0.330 e. The summed E-state index contributed by atoms with van der Waals surface area (Å²) in [5, 5.41) is 0. The maximum atomic E-state index is 13.8. The summed E-state index contributed by atoms with van der Waals surface area (Å²) in [6.45, 7) is 1.93. The number of aromatic nitrogens is 1. The highest BCUT2D eigenvalue weighted by Crippen LogP contribution is 2.44. The maximum absolute atomic E-state index is 13.8. The van der Waals surface area contributed by atoms with Crippen LogP contribution in [0.1, 0.15) is 24.1 Å². The van der Waals surface area contributed by atoms with Crippen LogP contribution < -0.4 is 5.73 Å². The summed E-state index contributed by atoms with van der Waals surface area (Å²) in [6, 6.07) is 1.61. The van der Waals surface area contributed by atoms with Crippen LogP contribution in [0.3, 0.4) is 0 Å². The first-order chi connectivity index (χ1) is 7.09. The first-order valence-electron chi connectivity index (χ1n) is 5.05. The molecule has 0 bridgehead atoms. The van der Waals surface area contributed by atoms with Crippen molar-refractivity contribution in [1.82, 2.24) is 4.98 Å². The van der Waals surface area contributed by atoms with Crippen molar-refractivity contribution in [3.63, 3.8) is 0 Å². The molecule has 2 rings (SSSR count). The van der Waals surface area contributed by atoms with Crippen molar-refractivity contribution >= 4 is 0 Å². The van der Waals surface area contributed by atoms with Crippen LogP contribution in [0.5, 0.6) is 0 Å². The molecule has 0 aromatic carbocycles. The normalized spacial score (nSPS) is 30.0. The van der Waals surface area contributed by atoms with Gasteiger partial charge in [-0.15, -0.1) is 0 Å². The summed E-state index contributed by atoms with van der Waals surface area (Å²) < 4.78 is 26.7. The maximum Gasteiger partial charge on any atom is 0.148 e. The van der Waals surface area contributed by atoms with Gasteiger partial charge >= 0.3 is 0 Å². The number of nitrogens with two attached hydrogens (primary N) is 1. The highest BCUT2D eigenvalue weighted by atomic mass is 19.1. The monoisotopic (exact) mass is 212 g/mol. The Labute approximate surface area is 87.5 Å². The molecule has 1 aliphatic rings. The molecular weight excluding hydrogens is 198 g/mol. The summed E-state index contributed by atoms with van der Waals surface area (Å²) >= 11 is 0. The Morgan fingerprint density at radius 1 is 1.60 bits per heavy atom. The van der Waals surface area contributed by atoms with Crippen molar-refractivity contribution < 1.29 is 8.78 Å². The fourth-order valence-corrected chi connectivity index (χ4v) is 2.15. The van der Waals surface area contributed by atoms with Crippen molar-refractivity contribution in [2.24, 2.45) is 5.73 Å². The minimum atomic E-state index is -0.865. The fraction of sp³-hybridized carbons (Fsp3) is 0.545. The lowest BCUT2D eigenvalue weighted by Crippen LogP contribution is -2.49. The molecular formula is C11H14F2N2. The number of pyridine rings is 1. The molecule has 4 heteroatoms. The lowest BCUT2D eigenvalue weighted by Gasteiger charge is -2.43. The Bertz CT molecular complexity index is 373. The molecule has 1 aromatic heterocycles. The fourth-order valence-electron chi connectivity index (χ4n) is 2.15. The molecule has 0 spiro atoms. The van der Waals surface area contributed by atoms with Crippen LogP contribution in [0.2, 0.25) is 0 Å². The van der Waals surface area contributed by atoms with E-state index in [4.69, 9.17) is 5.73 Å². The van der Waals surface area contributed by atoms with E-state index in [2.05, 4.69) is 4.98 Å². The number of alkyl halides is 1. The smallest absolute Gasteiger partial charge is 0.148 e. The van der Waals surface area contributed by atoms with Gasteiger partial charge in [0, 0.05) is 18.2 Å². The zero-order valence-electron chi connectivity index (χ0n) is 8.63. The third-order valence-electron chi connectivity index (χ3n) is 3.20. The molecule has 0 unspecified atom stereocenters. The van der Waals surface area contributed by atoms with E-state index in [9.17, 15) is 8.78 Å². The third kappa shape index (κ3) is 1.53. The van der Waals surface area contributed by atoms with Gasteiger partial charge in [0.25, 0.3) is 0 Å². The van der Waals surface area contributed by atoms with Crippen molar-refractivity contribution in [1.29, 1.82) is 0 Å². The highest BCUT2D eigenvalue weighted by molar-refractivity contribution is 5.28. The number of hydrogen-bond donors (Lipinski definition) is 1. The van der Waals surface area contributed by atoms with Crippen molar-refractivity contribution in [3.05, 3.63) is 29.3 Å². The van der Waals surface area contributed by atoms with E-state index in [1.807, 2.05) is 0 Å². The Hall–Kier alpha value is -1.03. The van der Waals surface area contributed by atoms with Gasteiger partial charge in [0.05, 0.1) is 5.69 Å². The molecule has 82 valence electrons. The van der Waals surface area contributed by atoms with Crippen LogP contribution in [0.25, 0.3) is 0 Å². The van der Waals surface area contributed by atoms with Crippen LogP contribution in [0.15, 0.2) is 12.3 Å². The number of aryl methyl sites for hydroxylation is 1. The van der Waals surface area contributed by atoms with Gasteiger partial charge < -0.3 is 5.73 Å². The SMILES string of the molecule is Cc1ccnc(C2(CN)CC(F)C2)c1F. The molecule has 0 saturated heterocycles. The predicted molar refractivity (Wildman–Crippen MR) is 53.8 cm³/mol. The van der Waals surface area contributed by atoms with E-state index in [-0.39, 0.29) is 25.2 Å². The van der Waals surface area contributed by atoms with Crippen LogP contribution >= 0.6 is 0 Å². The van der Waals surface area contributed by atoms with Gasteiger partial charge in [0.1, 0.15) is 12.0 Å². The number of hydrogen-bond acceptors (Lipinski definition) is 2. The minimum absolute atomic E-state index is 0.251. The summed E-state index contributed by atoms with van der Waals surface area (Å²) in [6.07, 6.45) is 1.26. The molecule has 2 N–H and O–H groups in total. The second-order valence-corrected chi connectivity index (χ2v) is 4.28. The molecule has 0 amide bonds. The summed E-state index contributed by atoms with van der Waals surface area (Å²) in [5.41, 5.74) is 5.90. The van der Waals surface area contributed by atoms with E-state index in [0.717, 1.165) is 0 Å². The van der Waals surface area contributed by atoms with Gasteiger partial charge in [-0.2, -0.15) is 0 Å². The van der Waals surface area contributed by atoms with Gasteiger partial charge in [0.15, 0.2) is 0 Å². The lowest BCUT2D eigenvalue weighted by atomic mass is 9.65. The van der Waals surface area contributed by atoms with E-state index < -0.39 is 11.6 Å². The van der Waals surface area contributed by atoms with E-state index >= 15 is 0 Å². The molecule has 1 saturated carbocycles. The Balaban J connectivity index is 2.40. The van der Waals surface area contributed by atoms with Crippen molar-refractivity contribution in [3.8, 4) is 0 Å². The Morgan fingerprint density at radius 2 is 2.27 bits per heavy atom.